The van der Waals surface area contributed by atoms with Gasteiger partial charge in [-0.15, -0.1) is 0 Å². The van der Waals surface area contributed by atoms with Crippen molar-refractivity contribution in [1.82, 2.24) is 15.1 Å². The molecule has 0 fully saturated rings. The maximum Gasteiger partial charge on any atom is 0.326 e. The minimum absolute atomic E-state index is 0.00698. The predicted molar refractivity (Wildman–Crippen MR) is 102 cm³/mol. The summed E-state index contributed by atoms with van der Waals surface area (Å²) < 4.78 is 1.19. The van der Waals surface area contributed by atoms with E-state index in [1.54, 1.807) is 0 Å². The molecule has 1 amide bonds. The lowest BCUT2D eigenvalue weighted by Gasteiger charge is -2.21. The van der Waals surface area contributed by atoms with Crippen molar-refractivity contribution in [3.8, 4) is 0 Å². The van der Waals surface area contributed by atoms with Gasteiger partial charge in [0.2, 0.25) is 0 Å². The number of carbonyl (C=O) groups is 2. The van der Waals surface area contributed by atoms with Crippen molar-refractivity contribution in [2.75, 3.05) is 0 Å². The molecule has 0 saturated carbocycles. The van der Waals surface area contributed by atoms with Gasteiger partial charge in [-0.05, 0) is 29.9 Å². The van der Waals surface area contributed by atoms with Gasteiger partial charge >= 0.3 is 5.97 Å². The highest BCUT2D eigenvalue weighted by molar-refractivity contribution is 5.94. The van der Waals surface area contributed by atoms with Gasteiger partial charge in [-0.25, -0.2) is 9.48 Å². The SMILES string of the molecule is CC(C)(C)CCC(NC(=O)c1ccc(=O)n(Cc2ccccc2)n1)C(=O)O. The van der Waals surface area contributed by atoms with Gasteiger partial charge in [0.15, 0.2) is 0 Å². The van der Waals surface area contributed by atoms with Crippen LogP contribution < -0.4 is 10.9 Å². The third-order valence-corrected chi connectivity index (χ3v) is 4.06. The highest BCUT2D eigenvalue weighted by atomic mass is 16.4. The van der Waals surface area contributed by atoms with Gasteiger partial charge in [0.25, 0.3) is 11.5 Å². The normalized spacial score (nSPS) is 12.4. The summed E-state index contributed by atoms with van der Waals surface area (Å²) in [5.74, 6) is -1.71. The van der Waals surface area contributed by atoms with E-state index in [4.69, 9.17) is 0 Å². The molecule has 1 unspecified atom stereocenters. The molecule has 0 aliphatic heterocycles. The fourth-order valence-corrected chi connectivity index (χ4v) is 2.51. The lowest BCUT2D eigenvalue weighted by Crippen LogP contribution is -2.42. The van der Waals surface area contributed by atoms with Crippen LogP contribution in [0.2, 0.25) is 0 Å². The minimum Gasteiger partial charge on any atom is -0.480 e. The van der Waals surface area contributed by atoms with Crippen LogP contribution in [0.25, 0.3) is 0 Å². The number of benzene rings is 1. The zero-order chi connectivity index (χ0) is 20.0. The monoisotopic (exact) mass is 371 g/mol. The van der Waals surface area contributed by atoms with E-state index >= 15 is 0 Å². The van der Waals surface area contributed by atoms with E-state index in [-0.39, 0.29) is 23.2 Å². The van der Waals surface area contributed by atoms with Crippen LogP contribution >= 0.6 is 0 Å². The molecule has 0 aliphatic carbocycles. The second-order valence-corrected chi connectivity index (χ2v) is 7.66. The lowest BCUT2D eigenvalue weighted by molar-refractivity contribution is -0.139. The van der Waals surface area contributed by atoms with E-state index in [0.717, 1.165) is 5.56 Å². The van der Waals surface area contributed by atoms with Crippen LogP contribution in [0, 0.1) is 5.41 Å². The van der Waals surface area contributed by atoms with Crippen molar-refractivity contribution in [2.24, 2.45) is 5.41 Å². The van der Waals surface area contributed by atoms with E-state index in [1.165, 1.54) is 16.8 Å². The van der Waals surface area contributed by atoms with Crippen molar-refractivity contribution in [3.05, 3.63) is 64.1 Å². The van der Waals surface area contributed by atoms with E-state index in [0.29, 0.717) is 12.8 Å². The van der Waals surface area contributed by atoms with Crippen molar-refractivity contribution >= 4 is 11.9 Å². The number of nitrogens with zero attached hydrogens (tertiary/aromatic N) is 2. The maximum absolute atomic E-state index is 12.4. The zero-order valence-electron chi connectivity index (χ0n) is 15.8. The number of carboxylic acid groups (broad SMARTS) is 1. The summed E-state index contributed by atoms with van der Waals surface area (Å²) in [4.78, 5) is 35.9. The van der Waals surface area contributed by atoms with Crippen LogP contribution in [0.5, 0.6) is 0 Å². The summed E-state index contributed by atoms with van der Waals surface area (Å²) in [5, 5.41) is 16.0. The molecule has 7 nitrogen and oxygen atoms in total. The first kappa shape index (κ1) is 20.4. The fourth-order valence-electron chi connectivity index (χ4n) is 2.51. The second-order valence-electron chi connectivity index (χ2n) is 7.66. The van der Waals surface area contributed by atoms with E-state index < -0.39 is 17.9 Å². The van der Waals surface area contributed by atoms with Gasteiger partial charge in [0.1, 0.15) is 11.7 Å². The molecule has 0 spiro atoms. The summed E-state index contributed by atoms with van der Waals surface area (Å²) in [6.07, 6.45) is 0.958. The number of aliphatic carboxylic acids is 1. The Balaban J connectivity index is 2.14. The predicted octanol–water partition coefficient (Wildman–Crippen LogP) is 2.30. The van der Waals surface area contributed by atoms with Crippen molar-refractivity contribution in [3.63, 3.8) is 0 Å². The van der Waals surface area contributed by atoms with Gasteiger partial charge in [-0.2, -0.15) is 5.10 Å². The Labute approximate surface area is 158 Å². The average molecular weight is 371 g/mol. The molecule has 2 aromatic rings. The summed E-state index contributed by atoms with van der Waals surface area (Å²) >= 11 is 0. The first-order chi connectivity index (χ1) is 12.7. The summed E-state index contributed by atoms with van der Waals surface area (Å²) in [7, 11) is 0. The molecule has 1 aromatic heterocycles. The number of carbonyl (C=O) groups excluding carboxylic acids is 1. The van der Waals surface area contributed by atoms with Crippen molar-refractivity contribution in [2.45, 2.75) is 46.2 Å². The van der Waals surface area contributed by atoms with Crippen LogP contribution in [-0.2, 0) is 11.3 Å². The Bertz CT molecular complexity index is 854. The van der Waals surface area contributed by atoms with Crippen LogP contribution in [0.1, 0.15) is 49.7 Å². The molecule has 0 aliphatic rings. The van der Waals surface area contributed by atoms with Crippen LogP contribution in [-0.4, -0.2) is 32.8 Å². The first-order valence-electron chi connectivity index (χ1n) is 8.81. The summed E-state index contributed by atoms with van der Waals surface area (Å²) in [6, 6.07) is 10.8. The Hall–Kier alpha value is -2.96. The van der Waals surface area contributed by atoms with E-state index in [1.807, 2.05) is 51.1 Å². The number of nitrogens with one attached hydrogen (secondary N) is 1. The van der Waals surface area contributed by atoms with Crippen LogP contribution in [0.3, 0.4) is 0 Å². The highest BCUT2D eigenvalue weighted by Crippen LogP contribution is 2.21. The van der Waals surface area contributed by atoms with Crippen LogP contribution in [0.4, 0.5) is 0 Å². The first-order valence-corrected chi connectivity index (χ1v) is 8.81. The molecule has 0 bridgehead atoms. The molecule has 1 aromatic carbocycles. The topological polar surface area (TPSA) is 101 Å². The van der Waals surface area contributed by atoms with Gasteiger partial charge in [0.05, 0.1) is 6.54 Å². The second kappa shape index (κ2) is 8.62. The quantitative estimate of drug-likeness (QED) is 0.778. The largest absolute Gasteiger partial charge is 0.480 e. The molecule has 0 saturated heterocycles. The van der Waals surface area contributed by atoms with E-state index in [9.17, 15) is 19.5 Å². The molecular formula is C20H25N3O4. The molecular weight excluding hydrogens is 346 g/mol. The molecule has 144 valence electrons. The van der Waals surface area contributed by atoms with Crippen molar-refractivity contribution < 1.29 is 14.7 Å². The number of hydrogen-bond acceptors (Lipinski definition) is 4. The molecule has 2 N–H and O–H groups in total. The highest BCUT2D eigenvalue weighted by Gasteiger charge is 2.24. The molecule has 7 heteroatoms. The lowest BCUT2D eigenvalue weighted by atomic mass is 9.88. The Morgan fingerprint density at radius 2 is 1.81 bits per heavy atom. The fraction of sp³-hybridized carbons (Fsp3) is 0.400. The average Bonchev–Trinajstić information content (AvgIpc) is 2.60. The number of hydrogen-bond donors (Lipinski definition) is 2. The number of amides is 1. The molecule has 27 heavy (non-hydrogen) atoms. The van der Waals surface area contributed by atoms with Crippen LogP contribution in [0.15, 0.2) is 47.3 Å². The smallest absolute Gasteiger partial charge is 0.326 e. The van der Waals surface area contributed by atoms with Crippen molar-refractivity contribution in [1.29, 1.82) is 0 Å². The minimum atomic E-state index is -1.09. The van der Waals surface area contributed by atoms with Gasteiger partial charge in [-0.3, -0.25) is 9.59 Å². The van der Waals surface area contributed by atoms with Gasteiger partial charge in [0, 0.05) is 6.07 Å². The maximum atomic E-state index is 12.4. The summed E-state index contributed by atoms with van der Waals surface area (Å²) in [5.41, 5.74) is 0.503. The third kappa shape index (κ3) is 6.36. The Morgan fingerprint density at radius 1 is 1.15 bits per heavy atom. The molecule has 2 rings (SSSR count). The number of carboxylic acids is 1. The standard InChI is InChI=1S/C20H25N3O4/c1-20(2,3)12-11-16(19(26)27)21-18(25)15-9-10-17(24)23(22-15)13-14-7-5-4-6-8-14/h4-10,16H,11-13H2,1-3H3,(H,21,25)(H,26,27). The number of aromatic nitrogens is 2. The van der Waals surface area contributed by atoms with E-state index in [2.05, 4.69) is 10.4 Å². The van der Waals surface area contributed by atoms with Gasteiger partial charge < -0.3 is 10.4 Å². The zero-order valence-corrected chi connectivity index (χ0v) is 15.8. The van der Waals surface area contributed by atoms with Gasteiger partial charge in [-0.1, -0.05) is 51.1 Å². The molecule has 0 radical (unpaired) electrons. The summed E-state index contributed by atoms with van der Waals surface area (Å²) in [6.45, 7) is 6.26. The third-order valence-electron chi connectivity index (χ3n) is 4.06. The Kier molecular flexibility index (Phi) is 6.50. The molecule has 1 heterocycles. The molecule has 1 atom stereocenters. The number of rotatable bonds is 7. The Morgan fingerprint density at radius 3 is 2.41 bits per heavy atom.